The molecule has 1 aliphatic rings. The predicted octanol–water partition coefficient (Wildman–Crippen LogP) is 3.40. The smallest absolute Gasteiger partial charge is 0.311 e. The number of esters is 1. The zero-order valence-corrected chi connectivity index (χ0v) is 17.2. The molecule has 152 valence electrons. The maximum Gasteiger partial charge on any atom is 0.311 e. The highest BCUT2D eigenvalue weighted by Crippen LogP contribution is 2.34. The van der Waals surface area contributed by atoms with Gasteiger partial charge in [0.2, 0.25) is 11.7 Å². The number of hydrogen-bond acceptors (Lipinski definition) is 5. The van der Waals surface area contributed by atoms with E-state index in [2.05, 4.69) is 0 Å². The van der Waals surface area contributed by atoms with Crippen molar-refractivity contribution in [3.63, 3.8) is 0 Å². The standard InChI is InChI=1S/C23H25NO5/c1-14-5-7-16(3)18(9-14)20(25)13-29-23(27)17-11-22(26)24(12-17)19-10-15(2)6-8-21(19)28-4/h5-10,17H,11-13H2,1-4H3/t17-/m1/s1. The highest BCUT2D eigenvalue weighted by molar-refractivity contribution is 6.02. The van der Waals surface area contributed by atoms with Crippen molar-refractivity contribution in [1.29, 1.82) is 0 Å². The Labute approximate surface area is 170 Å². The van der Waals surface area contributed by atoms with E-state index in [9.17, 15) is 14.4 Å². The van der Waals surface area contributed by atoms with Gasteiger partial charge < -0.3 is 14.4 Å². The van der Waals surface area contributed by atoms with Gasteiger partial charge in [-0.15, -0.1) is 0 Å². The van der Waals surface area contributed by atoms with Crippen LogP contribution in [0.1, 0.15) is 33.5 Å². The minimum Gasteiger partial charge on any atom is -0.495 e. The third-order valence-corrected chi connectivity index (χ3v) is 5.12. The van der Waals surface area contributed by atoms with E-state index in [0.717, 1.165) is 16.7 Å². The molecule has 1 aliphatic heterocycles. The van der Waals surface area contributed by atoms with Crippen LogP contribution in [0, 0.1) is 26.7 Å². The summed E-state index contributed by atoms with van der Waals surface area (Å²) in [6.45, 7) is 5.54. The van der Waals surface area contributed by atoms with E-state index >= 15 is 0 Å². The van der Waals surface area contributed by atoms with Crippen LogP contribution >= 0.6 is 0 Å². The number of aryl methyl sites for hydroxylation is 3. The maximum atomic E-state index is 12.5. The topological polar surface area (TPSA) is 72.9 Å². The Bertz CT molecular complexity index is 966. The minimum absolute atomic E-state index is 0.0492. The molecule has 1 heterocycles. The second kappa shape index (κ2) is 8.47. The first-order chi connectivity index (χ1) is 13.8. The van der Waals surface area contributed by atoms with E-state index in [0.29, 0.717) is 17.0 Å². The highest BCUT2D eigenvalue weighted by Gasteiger charge is 2.37. The number of amides is 1. The summed E-state index contributed by atoms with van der Waals surface area (Å²) in [5.74, 6) is -0.994. The van der Waals surface area contributed by atoms with E-state index < -0.39 is 11.9 Å². The van der Waals surface area contributed by atoms with Crippen molar-refractivity contribution in [3.05, 3.63) is 58.7 Å². The second-order valence-corrected chi connectivity index (χ2v) is 7.43. The molecule has 0 radical (unpaired) electrons. The number of hydrogen-bond donors (Lipinski definition) is 0. The van der Waals surface area contributed by atoms with E-state index in [1.54, 1.807) is 24.1 Å². The van der Waals surface area contributed by atoms with Gasteiger partial charge in [-0.1, -0.05) is 23.8 Å². The Hall–Kier alpha value is -3.15. The summed E-state index contributed by atoms with van der Waals surface area (Å²) < 4.78 is 10.6. The molecule has 0 bridgehead atoms. The molecule has 2 aromatic carbocycles. The molecular formula is C23H25NO5. The number of nitrogens with zero attached hydrogens (tertiary/aromatic N) is 1. The summed E-state index contributed by atoms with van der Waals surface area (Å²) in [4.78, 5) is 39.0. The Morgan fingerprint density at radius 2 is 1.76 bits per heavy atom. The van der Waals surface area contributed by atoms with E-state index in [1.165, 1.54) is 0 Å². The summed E-state index contributed by atoms with van der Waals surface area (Å²) >= 11 is 0. The molecule has 1 fully saturated rings. The molecule has 29 heavy (non-hydrogen) atoms. The number of methoxy groups -OCH3 is 1. The Balaban J connectivity index is 1.66. The van der Waals surface area contributed by atoms with Crippen LogP contribution in [0.15, 0.2) is 36.4 Å². The SMILES string of the molecule is COc1ccc(C)cc1N1C[C@H](C(=O)OCC(=O)c2cc(C)ccc2C)CC1=O. The van der Waals surface area contributed by atoms with Crippen LogP contribution < -0.4 is 9.64 Å². The van der Waals surface area contributed by atoms with Crippen molar-refractivity contribution in [2.24, 2.45) is 5.92 Å². The number of ketones is 1. The zero-order valence-electron chi connectivity index (χ0n) is 17.2. The van der Waals surface area contributed by atoms with Gasteiger partial charge in [-0.3, -0.25) is 14.4 Å². The van der Waals surface area contributed by atoms with Crippen LogP contribution in [0.25, 0.3) is 0 Å². The largest absolute Gasteiger partial charge is 0.495 e. The molecule has 0 unspecified atom stereocenters. The lowest BCUT2D eigenvalue weighted by molar-refractivity contribution is -0.147. The summed E-state index contributed by atoms with van der Waals surface area (Å²) in [6.07, 6.45) is 0.0492. The van der Waals surface area contributed by atoms with Crippen LogP contribution in [-0.4, -0.2) is 37.9 Å². The van der Waals surface area contributed by atoms with Crippen molar-refractivity contribution in [3.8, 4) is 5.75 Å². The van der Waals surface area contributed by atoms with Gasteiger partial charge in [-0.2, -0.15) is 0 Å². The summed E-state index contributed by atoms with van der Waals surface area (Å²) in [5, 5.41) is 0. The van der Waals surface area contributed by atoms with Gasteiger partial charge in [0.25, 0.3) is 0 Å². The third-order valence-electron chi connectivity index (χ3n) is 5.12. The number of carbonyl (C=O) groups excluding carboxylic acids is 3. The molecule has 3 rings (SSSR count). The molecular weight excluding hydrogens is 370 g/mol. The Morgan fingerprint density at radius 3 is 2.48 bits per heavy atom. The van der Waals surface area contributed by atoms with Crippen molar-refractivity contribution in [2.45, 2.75) is 27.2 Å². The van der Waals surface area contributed by atoms with Crippen LogP contribution in [0.2, 0.25) is 0 Å². The second-order valence-electron chi connectivity index (χ2n) is 7.43. The molecule has 0 spiro atoms. The normalized spacial score (nSPS) is 16.1. The molecule has 0 saturated carbocycles. The number of Topliss-reactive ketones (excluding diaryl/α,β-unsaturated/α-hetero) is 1. The lowest BCUT2D eigenvalue weighted by atomic mass is 10.0. The van der Waals surface area contributed by atoms with Gasteiger partial charge in [-0.25, -0.2) is 0 Å². The summed E-state index contributed by atoms with van der Waals surface area (Å²) in [6, 6.07) is 11.1. The molecule has 1 atom stereocenters. The van der Waals surface area contributed by atoms with Crippen molar-refractivity contribution in [1.82, 2.24) is 0 Å². The molecule has 6 nitrogen and oxygen atoms in total. The van der Waals surface area contributed by atoms with Gasteiger partial charge in [0, 0.05) is 18.5 Å². The van der Waals surface area contributed by atoms with Crippen LogP contribution in [-0.2, 0) is 14.3 Å². The number of rotatable bonds is 6. The van der Waals surface area contributed by atoms with E-state index in [4.69, 9.17) is 9.47 Å². The minimum atomic E-state index is -0.612. The quantitative estimate of drug-likeness (QED) is 0.554. The predicted molar refractivity (Wildman–Crippen MR) is 109 cm³/mol. The molecule has 0 N–H and O–H groups in total. The lowest BCUT2D eigenvalue weighted by Crippen LogP contribution is -2.27. The monoisotopic (exact) mass is 395 g/mol. The molecule has 0 aromatic heterocycles. The fourth-order valence-electron chi connectivity index (χ4n) is 3.48. The first-order valence-corrected chi connectivity index (χ1v) is 9.52. The molecule has 2 aromatic rings. The summed E-state index contributed by atoms with van der Waals surface area (Å²) in [7, 11) is 1.54. The number of anilines is 1. The molecule has 0 aliphatic carbocycles. The molecule has 1 saturated heterocycles. The Kier molecular flexibility index (Phi) is 6.01. The third kappa shape index (κ3) is 4.47. The summed E-state index contributed by atoms with van der Waals surface area (Å²) in [5.41, 5.74) is 3.98. The van der Waals surface area contributed by atoms with Gasteiger partial charge >= 0.3 is 5.97 Å². The Morgan fingerprint density at radius 1 is 1.07 bits per heavy atom. The van der Waals surface area contributed by atoms with Crippen molar-refractivity contribution < 1.29 is 23.9 Å². The highest BCUT2D eigenvalue weighted by atomic mass is 16.5. The van der Waals surface area contributed by atoms with E-state index in [-0.39, 0.29) is 31.3 Å². The van der Waals surface area contributed by atoms with Crippen LogP contribution in [0.5, 0.6) is 5.75 Å². The lowest BCUT2D eigenvalue weighted by Gasteiger charge is -2.20. The average Bonchev–Trinajstić information content (AvgIpc) is 3.09. The zero-order chi connectivity index (χ0) is 21.1. The van der Waals surface area contributed by atoms with Gasteiger partial charge in [0.1, 0.15) is 5.75 Å². The van der Waals surface area contributed by atoms with Gasteiger partial charge in [0.15, 0.2) is 6.61 Å². The number of ether oxygens (including phenoxy) is 2. The molecule has 1 amide bonds. The maximum absolute atomic E-state index is 12.5. The van der Waals surface area contributed by atoms with Crippen molar-refractivity contribution in [2.75, 3.05) is 25.2 Å². The van der Waals surface area contributed by atoms with Crippen LogP contribution in [0.3, 0.4) is 0 Å². The van der Waals surface area contributed by atoms with Crippen LogP contribution in [0.4, 0.5) is 5.69 Å². The van der Waals surface area contributed by atoms with E-state index in [1.807, 2.05) is 45.0 Å². The fraction of sp³-hybridized carbons (Fsp3) is 0.348. The first kappa shape index (κ1) is 20.6. The van der Waals surface area contributed by atoms with Gasteiger partial charge in [0.05, 0.1) is 18.7 Å². The van der Waals surface area contributed by atoms with Crippen molar-refractivity contribution >= 4 is 23.3 Å². The first-order valence-electron chi connectivity index (χ1n) is 9.52. The average molecular weight is 395 g/mol. The molecule has 6 heteroatoms. The van der Waals surface area contributed by atoms with Gasteiger partial charge in [-0.05, 0) is 50.1 Å². The number of carbonyl (C=O) groups is 3. The fourth-order valence-corrected chi connectivity index (χ4v) is 3.48. The number of benzene rings is 2.